The molecule has 1 N–H and O–H groups in total. The molecule has 1 saturated heterocycles. The van der Waals surface area contributed by atoms with Crippen LogP contribution in [0.1, 0.15) is 12.8 Å². The van der Waals surface area contributed by atoms with Gasteiger partial charge in [0.2, 0.25) is 15.9 Å². The maximum absolute atomic E-state index is 13.1. The van der Waals surface area contributed by atoms with Gasteiger partial charge in [0.1, 0.15) is 11.9 Å². The van der Waals surface area contributed by atoms with Crippen LogP contribution in [0.2, 0.25) is 0 Å². The first-order valence-electron chi connectivity index (χ1n) is 8.48. The van der Waals surface area contributed by atoms with Gasteiger partial charge in [-0.1, -0.05) is 12.1 Å². The second-order valence-corrected chi connectivity index (χ2v) is 10.4. The average molecular weight is 426 g/mol. The average Bonchev–Trinajstić information content (AvgIpc) is 3.12. The number of nitrogens with zero attached hydrogens (tertiary/aromatic N) is 1. The lowest BCUT2D eigenvalue weighted by Crippen LogP contribution is -2.43. The van der Waals surface area contributed by atoms with Crippen LogP contribution in [-0.2, 0) is 24.7 Å². The molecule has 0 spiro atoms. The van der Waals surface area contributed by atoms with E-state index in [0.29, 0.717) is 12.8 Å². The molecule has 150 valence electrons. The summed E-state index contributed by atoms with van der Waals surface area (Å²) in [5.74, 6) is -1.17. The summed E-state index contributed by atoms with van der Waals surface area (Å²) in [4.78, 5) is 12.6. The maximum atomic E-state index is 13.1. The Kier molecular flexibility index (Phi) is 5.55. The summed E-state index contributed by atoms with van der Waals surface area (Å²) < 4.78 is 63.7. The number of halogens is 1. The smallest absolute Gasteiger partial charge is 0.243 e. The second kappa shape index (κ2) is 7.61. The van der Waals surface area contributed by atoms with Gasteiger partial charge in [-0.15, -0.1) is 0 Å². The van der Waals surface area contributed by atoms with Crippen LogP contribution in [-0.4, -0.2) is 45.9 Å². The molecule has 0 radical (unpaired) electrons. The van der Waals surface area contributed by atoms with Crippen molar-refractivity contribution in [3.63, 3.8) is 0 Å². The quantitative estimate of drug-likeness (QED) is 0.788. The van der Waals surface area contributed by atoms with Gasteiger partial charge in [-0.05, 0) is 49.2 Å². The standard InChI is InChI=1S/C18H19FN2O5S2/c1-27(23,24)17-7-3-2-5-15(17)20-18(22)16-6-4-12-21(16)28(25,26)14-10-8-13(19)9-11-14/h2-3,5,7-11,16H,4,6,12H2,1H3,(H,20,22). The Morgan fingerprint density at radius 3 is 2.36 bits per heavy atom. The Hall–Kier alpha value is -2.30. The third kappa shape index (κ3) is 4.08. The predicted molar refractivity (Wildman–Crippen MR) is 101 cm³/mol. The fourth-order valence-corrected chi connectivity index (χ4v) is 5.64. The monoisotopic (exact) mass is 426 g/mol. The summed E-state index contributed by atoms with van der Waals surface area (Å²) >= 11 is 0. The lowest BCUT2D eigenvalue weighted by Gasteiger charge is -2.23. The van der Waals surface area contributed by atoms with Gasteiger partial charge in [0.25, 0.3) is 0 Å². The van der Waals surface area contributed by atoms with E-state index in [1.165, 1.54) is 18.2 Å². The molecule has 7 nitrogen and oxygen atoms in total. The number of benzene rings is 2. The van der Waals surface area contributed by atoms with Crippen LogP contribution in [0.15, 0.2) is 58.3 Å². The predicted octanol–water partition coefficient (Wildman–Crippen LogP) is 2.02. The first-order chi connectivity index (χ1) is 13.1. The molecule has 10 heteroatoms. The number of amides is 1. The molecule has 2 aromatic carbocycles. The molecule has 1 atom stereocenters. The Labute approximate surface area is 163 Å². The minimum atomic E-state index is -3.99. The van der Waals surface area contributed by atoms with Crippen LogP contribution in [0.5, 0.6) is 0 Å². The molecule has 28 heavy (non-hydrogen) atoms. The highest BCUT2D eigenvalue weighted by molar-refractivity contribution is 7.91. The van der Waals surface area contributed by atoms with Crippen LogP contribution in [0.25, 0.3) is 0 Å². The summed E-state index contributed by atoms with van der Waals surface area (Å²) in [6.07, 6.45) is 1.80. The fraction of sp³-hybridized carbons (Fsp3) is 0.278. The summed E-state index contributed by atoms with van der Waals surface area (Å²) in [6.45, 7) is 0.144. The second-order valence-electron chi connectivity index (χ2n) is 6.49. The van der Waals surface area contributed by atoms with Gasteiger partial charge in [-0.3, -0.25) is 4.79 Å². The SMILES string of the molecule is CS(=O)(=O)c1ccccc1NC(=O)C1CCCN1S(=O)(=O)c1ccc(F)cc1. The first-order valence-corrected chi connectivity index (χ1v) is 11.8. The van der Waals surface area contributed by atoms with E-state index in [1.807, 2.05) is 0 Å². The third-order valence-corrected chi connectivity index (χ3v) is 7.55. The number of sulfone groups is 1. The number of carbonyl (C=O) groups excluding carboxylic acids is 1. The van der Waals surface area contributed by atoms with Gasteiger partial charge in [0.15, 0.2) is 9.84 Å². The molecule has 3 rings (SSSR count). The largest absolute Gasteiger partial charge is 0.324 e. The zero-order valence-corrected chi connectivity index (χ0v) is 16.6. The summed E-state index contributed by atoms with van der Waals surface area (Å²) in [7, 11) is -7.57. The van der Waals surface area contributed by atoms with Crippen molar-refractivity contribution in [2.75, 3.05) is 18.1 Å². The van der Waals surface area contributed by atoms with Gasteiger partial charge in [-0.25, -0.2) is 21.2 Å². The normalized spacial score (nSPS) is 18.1. The number of anilines is 1. The molecule has 1 amide bonds. The minimum Gasteiger partial charge on any atom is -0.324 e. The fourth-order valence-electron chi connectivity index (χ4n) is 3.14. The van der Waals surface area contributed by atoms with Crippen LogP contribution in [0, 0.1) is 5.82 Å². The van der Waals surface area contributed by atoms with Crippen molar-refractivity contribution in [3.05, 3.63) is 54.3 Å². The third-order valence-electron chi connectivity index (χ3n) is 4.47. The maximum Gasteiger partial charge on any atom is 0.243 e. The van der Waals surface area contributed by atoms with E-state index in [0.717, 1.165) is 34.8 Å². The van der Waals surface area contributed by atoms with E-state index in [2.05, 4.69) is 5.32 Å². The minimum absolute atomic E-state index is 0.0470. The van der Waals surface area contributed by atoms with E-state index in [1.54, 1.807) is 6.07 Å². The Balaban J connectivity index is 1.88. The first kappa shape index (κ1) is 20.4. The zero-order chi connectivity index (χ0) is 20.5. The summed E-state index contributed by atoms with van der Waals surface area (Å²) in [5.41, 5.74) is 0.0982. The topological polar surface area (TPSA) is 101 Å². The molecule has 1 aliphatic heterocycles. The number of rotatable bonds is 5. The number of hydrogen-bond acceptors (Lipinski definition) is 5. The molecule has 1 aliphatic rings. The van der Waals surface area contributed by atoms with Crippen LogP contribution >= 0.6 is 0 Å². The molecule has 1 heterocycles. The Morgan fingerprint density at radius 2 is 1.71 bits per heavy atom. The van der Waals surface area contributed by atoms with Crippen molar-refractivity contribution >= 4 is 31.5 Å². The zero-order valence-electron chi connectivity index (χ0n) is 15.0. The van der Waals surface area contributed by atoms with Crippen molar-refractivity contribution in [2.45, 2.75) is 28.7 Å². The number of sulfonamides is 1. The molecule has 0 bridgehead atoms. The Morgan fingerprint density at radius 1 is 1.07 bits per heavy atom. The van der Waals surface area contributed by atoms with Crippen LogP contribution in [0.3, 0.4) is 0 Å². The van der Waals surface area contributed by atoms with Gasteiger partial charge in [0, 0.05) is 12.8 Å². The van der Waals surface area contributed by atoms with Gasteiger partial charge < -0.3 is 5.32 Å². The molecule has 1 unspecified atom stereocenters. The Bertz CT molecular complexity index is 1100. The molecule has 0 aromatic heterocycles. The van der Waals surface area contributed by atoms with E-state index >= 15 is 0 Å². The lowest BCUT2D eigenvalue weighted by atomic mass is 10.2. The van der Waals surface area contributed by atoms with Crippen molar-refractivity contribution < 1.29 is 26.0 Å². The molecule has 1 fully saturated rings. The molecule has 2 aromatic rings. The highest BCUT2D eigenvalue weighted by Gasteiger charge is 2.39. The highest BCUT2D eigenvalue weighted by Crippen LogP contribution is 2.28. The highest BCUT2D eigenvalue weighted by atomic mass is 32.2. The van der Waals surface area contributed by atoms with Crippen molar-refractivity contribution in [3.8, 4) is 0 Å². The summed E-state index contributed by atoms with van der Waals surface area (Å²) in [6, 6.07) is 9.32. The molecular weight excluding hydrogens is 407 g/mol. The summed E-state index contributed by atoms with van der Waals surface area (Å²) in [5, 5.41) is 2.54. The van der Waals surface area contributed by atoms with E-state index < -0.39 is 37.6 Å². The number of carbonyl (C=O) groups is 1. The van der Waals surface area contributed by atoms with E-state index in [-0.39, 0.29) is 22.0 Å². The van der Waals surface area contributed by atoms with E-state index in [4.69, 9.17) is 0 Å². The lowest BCUT2D eigenvalue weighted by molar-refractivity contribution is -0.119. The van der Waals surface area contributed by atoms with Gasteiger partial charge in [0.05, 0.1) is 15.5 Å². The van der Waals surface area contributed by atoms with Gasteiger partial charge in [-0.2, -0.15) is 4.31 Å². The van der Waals surface area contributed by atoms with Crippen LogP contribution in [0.4, 0.5) is 10.1 Å². The molecular formula is C18H19FN2O5S2. The number of nitrogens with one attached hydrogen (secondary N) is 1. The van der Waals surface area contributed by atoms with E-state index in [9.17, 15) is 26.0 Å². The molecule has 0 saturated carbocycles. The van der Waals surface area contributed by atoms with Crippen LogP contribution < -0.4 is 5.32 Å². The van der Waals surface area contributed by atoms with Crippen molar-refractivity contribution in [1.82, 2.24) is 4.31 Å². The van der Waals surface area contributed by atoms with Gasteiger partial charge >= 0.3 is 0 Å². The van der Waals surface area contributed by atoms with Crippen molar-refractivity contribution in [2.24, 2.45) is 0 Å². The number of hydrogen-bond donors (Lipinski definition) is 1. The molecule has 0 aliphatic carbocycles. The van der Waals surface area contributed by atoms with Crippen molar-refractivity contribution in [1.29, 1.82) is 0 Å². The number of para-hydroxylation sites is 1.